The van der Waals surface area contributed by atoms with E-state index < -0.39 is 0 Å². The minimum atomic E-state index is 0.348. The summed E-state index contributed by atoms with van der Waals surface area (Å²) in [5, 5.41) is 0. The number of hydrogen-bond donors (Lipinski definition) is 1. The van der Waals surface area contributed by atoms with Crippen LogP contribution < -0.4 is 5.73 Å². The van der Waals surface area contributed by atoms with E-state index in [2.05, 4.69) is 18.9 Å². The Morgan fingerprint density at radius 1 is 1.27 bits per heavy atom. The van der Waals surface area contributed by atoms with E-state index in [-0.39, 0.29) is 0 Å². The molecule has 0 bridgehead atoms. The van der Waals surface area contributed by atoms with Gasteiger partial charge in [-0.25, -0.2) is 0 Å². The maximum Gasteiger partial charge on any atom is 0.0328 e. The second kappa shape index (κ2) is 4.42. The molecule has 0 aromatic carbocycles. The molecule has 2 atom stereocenters. The number of rotatable bonds is 4. The number of hydrogen-bond acceptors (Lipinski definition) is 2. The van der Waals surface area contributed by atoms with Gasteiger partial charge in [-0.3, -0.25) is 4.90 Å². The van der Waals surface area contributed by atoms with Crippen LogP contribution in [0.2, 0.25) is 0 Å². The van der Waals surface area contributed by atoms with Crippen molar-refractivity contribution in [3.05, 3.63) is 0 Å². The molecule has 2 saturated carbocycles. The van der Waals surface area contributed by atoms with Gasteiger partial charge in [-0.05, 0) is 38.1 Å². The lowest BCUT2D eigenvalue weighted by Gasteiger charge is -2.44. The van der Waals surface area contributed by atoms with Gasteiger partial charge in [0, 0.05) is 18.6 Å². The van der Waals surface area contributed by atoms with Crippen LogP contribution in [0.25, 0.3) is 0 Å². The average molecular weight is 210 g/mol. The molecule has 0 aromatic heterocycles. The van der Waals surface area contributed by atoms with E-state index in [9.17, 15) is 0 Å². The molecule has 0 amide bonds. The summed E-state index contributed by atoms with van der Waals surface area (Å²) in [5.74, 6) is 1.92. The monoisotopic (exact) mass is 210 g/mol. The van der Waals surface area contributed by atoms with Crippen molar-refractivity contribution in [2.75, 3.05) is 20.1 Å². The summed E-state index contributed by atoms with van der Waals surface area (Å²) in [4.78, 5) is 2.58. The lowest BCUT2D eigenvalue weighted by molar-refractivity contribution is 0.0771. The second-order valence-corrected chi connectivity index (χ2v) is 5.84. The van der Waals surface area contributed by atoms with E-state index in [1.807, 2.05) is 0 Å². The SMILES string of the molecule is CC1CC1CN(C)C1(CN)CCCCC1. The van der Waals surface area contributed by atoms with Gasteiger partial charge in [0.2, 0.25) is 0 Å². The van der Waals surface area contributed by atoms with Gasteiger partial charge < -0.3 is 5.73 Å². The van der Waals surface area contributed by atoms with Crippen molar-refractivity contribution in [1.82, 2.24) is 4.90 Å². The fraction of sp³-hybridized carbons (Fsp3) is 1.00. The van der Waals surface area contributed by atoms with Gasteiger partial charge in [-0.2, -0.15) is 0 Å². The van der Waals surface area contributed by atoms with Crippen molar-refractivity contribution < 1.29 is 0 Å². The summed E-state index contributed by atoms with van der Waals surface area (Å²) in [6, 6.07) is 0. The quantitative estimate of drug-likeness (QED) is 0.771. The Balaban J connectivity index is 1.91. The second-order valence-electron chi connectivity index (χ2n) is 5.84. The highest BCUT2D eigenvalue weighted by Gasteiger charge is 2.40. The molecule has 2 aliphatic rings. The third kappa shape index (κ3) is 2.36. The molecular weight excluding hydrogens is 184 g/mol. The topological polar surface area (TPSA) is 29.3 Å². The summed E-state index contributed by atoms with van der Waals surface area (Å²) in [7, 11) is 2.29. The van der Waals surface area contributed by atoms with Crippen molar-refractivity contribution in [1.29, 1.82) is 0 Å². The Labute approximate surface area is 94.2 Å². The molecule has 2 N–H and O–H groups in total. The zero-order valence-corrected chi connectivity index (χ0v) is 10.3. The van der Waals surface area contributed by atoms with Gasteiger partial charge in [0.25, 0.3) is 0 Å². The Bertz CT molecular complexity index is 209. The van der Waals surface area contributed by atoms with Crippen LogP contribution in [0.4, 0.5) is 0 Å². The van der Waals surface area contributed by atoms with E-state index in [4.69, 9.17) is 5.73 Å². The van der Waals surface area contributed by atoms with Crippen molar-refractivity contribution >= 4 is 0 Å². The summed E-state index contributed by atoms with van der Waals surface area (Å²) in [6.45, 7) is 4.50. The minimum Gasteiger partial charge on any atom is -0.329 e. The highest BCUT2D eigenvalue weighted by Crippen LogP contribution is 2.41. The molecule has 2 aliphatic carbocycles. The standard InChI is InChI=1S/C13H26N2/c1-11-8-12(11)9-15(2)13(10-14)6-4-3-5-7-13/h11-12H,3-10,14H2,1-2H3. The van der Waals surface area contributed by atoms with Crippen LogP contribution in [0, 0.1) is 11.8 Å². The molecule has 15 heavy (non-hydrogen) atoms. The molecule has 0 radical (unpaired) electrons. The van der Waals surface area contributed by atoms with Gasteiger partial charge in [0.05, 0.1) is 0 Å². The Morgan fingerprint density at radius 2 is 1.87 bits per heavy atom. The van der Waals surface area contributed by atoms with E-state index in [1.54, 1.807) is 0 Å². The van der Waals surface area contributed by atoms with Gasteiger partial charge in [-0.15, -0.1) is 0 Å². The molecule has 0 spiro atoms. The summed E-state index contributed by atoms with van der Waals surface area (Å²) >= 11 is 0. The summed E-state index contributed by atoms with van der Waals surface area (Å²) in [6.07, 6.45) is 8.24. The van der Waals surface area contributed by atoms with E-state index in [1.165, 1.54) is 45.1 Å². The van der Waals surface area contributed by atoms with Gasteiger partial charge in [0.1, 0.15) is 0 Å². The predicted molar refractivity (Wildman–Crippen MR) is 64.8 cm³/mol. The lowest BCUT2D eigenvalue weighted by atomic mass is 9.80. The first-order chi connectivity index (χ1) is 7.18. The predicted octanol–water partition coefficient (Wildman–Crippen LogP) is 2.24. The number of nitrogens with two attached hydrogens (primary N) is 1. The van der Waals surface area contributed by atoms with E-state index in [0.29, 0.717) is 5.54 Å². The highest BCUT2D eigenvalue weighted by atomic mass is 15.2. The molecular formula is C13H26N2. The zero-order valence-electron chi connectivity index (χ0n) is 10.3. The van der Waals surface area contributed by atoms with Gasteiger partial charge >= 0.3 is 0 Å². The van der Waals surface area contributed by atoms with Crippen molar-refractivity contribution in [2.24, 2.45) is 17.6 Å². The first kappa shape index (κ1) is 11.4. The molecule has 0 heterocycles. The number of likely N-dealkylation sites (N-methyl/N-ethyl adjacent to an activating group) is 1. The molecule has 2 rings (SSSR count). The van der Waals surface area contributed by atoms with Crippen molar-refractivity contribution in [3.63, 3.8) is 0 Å². The fourth-order valence-corrected chi connectivity index (χ4v) is 3.15. The molecule has 88 valence electrons. The van der Waals surface area contributed by atoms with Gasteiger partial charge in [0.15, 0.2) is 0 Å². The van der Waals surface area contributed by atoms with Crippen LogP contribution in [0.3, 0.4) is 0 Å². The minimum absolute atomic E-state index is 0.348. The zero-order chi connectivity index (χ0) is 10.9. The smallest absolute Gasteiger partial charge is 0.0328 e. The molecule has 2 fully saturated rings. The lowest BCUT2D eigenvalue weighted by Crippen LogP contribution is -2.53. The highest BCUT2D eigenvalue weighted by molar-refractivity contribution is 4.95. The van der Waals surface area contributed by atoms with E-state index in [0.717, 1.165) is 18.4 Å². The van der Waals surface area contributed by atoms with Crippen molar-refractivity contribution in [2.45, 2.75) is 51.0 Å². The largest absolute Gasteiger partial charge is 0.329 e. The van der Waals surface area contributed by atoms with Gasteiger partial charge in [-0.1, -0.05) is 26.2 Å². The molecule has 2 unspecified atom stereocenters. The van der Waals surface area contributed by atoms with Crippen LogP contribution in [0.5, 0.6) is 0 Å². The third-order valence-corrected chi connectivity index (χ3v) is 4.76. The molecule has 2 heteroatoms. The third-order valence-electron chi connectivity index (χ3n) is 4.76. The molecule has 2 nitrogen and oxygen atoms in total. The first-order valence-corrected chi connectivity index (χ1v) is 6.59. The number of nitrogens with zero attached hydrogens (tertiary/aromatic N) is 1. The molecule has 0 aromatic rings. The van der Waals surface area contributed by atoms with Crippen LogP contribution in [-0.4, -0.2) is 30.6 Å². The molecule has 0 saturated heterocycles. The maximum absolute atomic E-state index is 6.03. The Hall–Kier alpha value is -0.0800. The maximum atomic E-state index is 6.03. The average Bonchev–Trinajstić information content (AvgIpc) is 2.95. The summed E-state index contributed by atoms with van der Waals surface area (Å²) < 4.78 is 0. The first-order valence-electron chi connectivity index (χ1n) is 6.59. The fourth-order valence-electron chi connectivity index (χ4n) is 3.15. The molecule has 0 aliphatic heterocycles. The van der Waals surface area contributed by atoms with Crippen molar-refractivity contribution in [3.8, 4) is 0 Å². The van der Waals surface area contributed by atoms with Crippen LogP contribution >= 0.6 is 0 Å². The van der Waals surface area contributed by atoms with Crippen LogP contribution in [0.1, 0.15) is 45.4 Å². The normalized spacial score (nSPS) is 34.4. The Kier molecular flexibility index (Phi) is 3.36. The van der Waals surface area contributed by atoms with Crippen LogP contribution in [0.15, 0.2) is 0 Å². The Morgan fingerprint density at radius 3 is 2.33 bits per heavy atom. The summed E-state index contributed by atoms with van der Waals surface area (Å²) in [5.41, 5.74) is 6.38. The van der Waals surface area contributed by atoms with E-state index >= 15 is 0 Å². The van der Waals surface area contributed by atoms with Crippen LogP contribution in [-0.2, 0) is 0 Å².